The van der Waals surface area contributed by atoms with Crippen molar-refractivity contribution in [3.8, 4) is 44.5 Å². The van der Waals surface area contributed by atoms with E-state index in [0.717, 1.165) is 72.8 Å². The maximum absolute atomic E-state index is 16.3. The molecule has 0 spiro atoms. The molecule has 0 fully saturated rings. The van der Waals surface area contributed by atoms with E-state index in [-0.39, 0.29) is 11.1 Å². The van der Waals surface area contributed by atoms with Crippen molar-refractivity contribution in [2.75, 3.05) is 0 Å². The van der Waals surface area contributed by atoms with Crippen LogP contribution in [0, 0.1) is 46.5 Å². The Morgan fingerprint density at radius 2 is 0.444 bits per heavy atom. The van der Waals surface area contributed by atoms with Gasteiger partial charge in [-0.1, -0.05) is 109 Å². The van der Waals surface area contributed by atoms with Crippen LogP contribution in [-0.2, 0) is 0 Å². The predicted molar refractivity (Wildman–Crippen MR) is 199 cm³/mol. The number of benzene rings is 7. The van der Waals surface area contributed by atoms with Crippen molar-refractivity contribution in [2.24, 2.45) is 0 Å². The zero-order valence-electron chi connectivity index (χ0n) is 28.0. The van der Waals surface area contributed by atoms with E-state index in [9.17, 15) is 0 Å². The summed E-state index contributed by atoms with van der Waals surface area (Å²) in [6.45, 7) is 0. The molecule has 7 aromatic carbocycles. The van der Waals surface area contributed by atoms with E-state index in [4.69, 9.17) is 0 Å². The van der Waals surface area contributed by atoms with Crippen LogP contribution in [0.15, 0.2) is 133 Å². The lowest BCUT2D eigenvalue weighted by atomic mass is 9.76. The Morgan fingerprint density at radius 1 is 0.222 bits per heavy atom. The molecule has 0 saturated carbocycles. The van der Waals surface area contributed by atoms with Gasteiger partial charge in [-0.3, -0.25) is 0 Å². The van der Waals surface area contributed by atoms with Gasteiger partial charge >= 0.3 is 0 Å². The van der Waals surface area contributed by atoms with E-state index in [0.29, 0.717) is 11.1 Å². The van der Waals surface area contributed by atoms with E-state index in [1.54, 1.807) is 60.7 Å². The van der Waals surface area contributed by atoms with Crippen molar-refractivity contribution in [1.82, 2.24) is 0 Å². The molecule has 0 atom stereocenters. The largest absolute Gasteiger partial charge is 0.206 e. The summed E-state index contributed by atoms with van der Waals surface area (Å²) in [5, 5.41) is 0. The van der Waals surface area contributed by atoms with Crippen LogP contribution in [0.1, 0.15) is 22.3 Å². The highest BCUT2D eigenvalue weighted by Gasteiger charge is 2.34. The van der Waals surface area contributed by atoms with Gasteiger partial charge in [0.1, 0.15) is 46.5 Å². The zero-order chi connectivity index (χ0) is 37.9. The van der Waals surface area contributed by atoms with Crippen molar-refractivity contribution in [2.45, 2.75) is 0 Å². The van der Waals surface area contributed by atoms with Gasteiger partial charge in [0.2, 0.25) is 0 Å². The molecule has 266 valence electrons. The second kappa shape index (κ2) is 15.2. The summed E-state index contributed by atoms with van der Waals surface area (Å²) in [5.41, 5.74) is -5.15. The van der Waals surface area contributed by atoms with Gasteiger partial charge in [0.15, 0.2) is 0 Å². The van der Waals surface area contributed by atoms with Crippen molar-refractivity contribution in [3.63, 3.8) is 0 Å². The normalized spacial score (nSPS) is 11.6. The van der Waals surface area contributed by atoms with Crippen LogP contribution in [0.3, 0.4) is 0 Å². The highest BCUT2D eigenvalue weighted by molar-refractivity contribution is 6.09. The van der Waals surface area contributed by atoms with E-state index in [1.165, 1.54) is 24.3 Å². The summed E-state index contributed by atoms with van der Waals surface area (Å²) in [6.07, 6.45) is 5.41. The molecule has 0 aliphatic heterocycles. The minimum atomic E-state index is -1.19. The van der Waals surface area contributed by atoms with Gasteiger partial charge in [-0.15, -0.1) is 0 Å². The molecule has 0 N–H and O–H groups in total. The summed E-state index contributed by atoms with van der Waals surface area (Å²) in [4.78, 5) is 0. The predicted octanol–water partition coefficient (Wildman–Crippen LogP) is 13.8. The molecule has 0 aliphatic rings. The molecule has 0 heterocycles. The summed E-state index contributed by atoms with van der Waals surface area (Å²) >= 11 is 0. The van der Waals surface area contributed by atoms with Crippen LogP contribution in [-0.4, -0.2) is 0 Å². The first-order valence-electron chi connectivity index (χ1n) is 16.6. The second-order valence-electron chi connectivity index (χ2n) is 12.2. The fraction of sp³-hybridized carbons (Fsp3) is 0. The maximum Gasteiger partial charge on any atom is 0.134 e. The third-order valence-electron chi connectivity index (χ3n) is 8.91. The number of halogens is 8. The number of rotatable bonds is 8. The smallest absolute Gasteiger partial charge is 0.134 e. The van der Waals surface area contributed by atoms with E-state index in [1.807, 2.05) is 0 Å². The van der Waals surface area contributed by atoms with Crippen molar-refractivity contribution in [1.29, 1.82) is 0 Å². The molecule has 0 unspecified atom stereocenters. The Kier molecular flexibility index (Phi) is 10.1. The number of hydrogen-bond donors (Lipinski definition) is 0. The third kappa shape index (κ3) is 6.74. The summed E-state index contributed by atoms with van der Waals surface area (Å²) in [5.74, 6) is -9.52. The molecule has 0 amide bonds. The SMILES string of the molecule is Fc1cccc(F)c1-c1c(/C=C/c2ccccc2)c(-c2c(F)cccc2F)c(-c2c(F)cccc2F)c(/C=C/c2ccccc2)c1-c1c(F)cccc1F. The molecule has 0 nitrogen and oxygen atoms in total. The van der Waals surface area contributed by atoms with Crippen LogP contribution in [0.2, 0.25) is 0 Å². The lowest BCUT2D eigenvalue weighted by Gasteiger charge is -2.27. The van der Waals surface area contributed by atoms with Crippen molar-refractivity contribution in [3.05, 3.63) is 202 Å². The standard InChI is InChI=1S/C46H26F8/c47-31-15-7-16-32(48)43(31)39-29(25-23-27-11-3-1-4-12-27)40(44-33(49)17-8-18-34(44)50)42(46-37(53)21-10-22-38(46)54)30(26-24-28-13-5-2-6-14-28)41(39)45-35(51)19-9-20-36(45)52/h1-26H/b25-23+,26-24+. The van der Waals surface area contributed by atoms with Crippen molar-refractivity contribution < 1.29 is 35.1 Å². The van der Waals surface area contributed by atoms with E-state index in [2.05, 4.69) is 0 Å². The van der Waals surface area contributed by atoms with Crippen LogP contribution in [0.25, 0.3) is 68.8 Å². The average Bonchev–Trinajstić information content (AvgIpc) is 3.15. The van der Waals surface area contributed by atoms with Gasteiger partial charge in [-0.25, -0.2) is 35.1 Å². The molecule has 7 rings (SSSR count). The highest BCUT2D eigenvalue weighted by atomic mass is 19.2. The molecule has 0 aliphatic carbocycles. The first-order chi connectivity index (χ1) is 26.2. The van der Waals surface area contributed by atoms with Crippen LogP contribution in [0.5, 0.6) is 0 Å². The molecule has 54 heavy (non-hydrogen) atoms. The van der Waals surface area contributed by atoms with Crippen molar-refractivity contribution >= 4 is 24.3 Å². The minimum Gasteiger partial charge on any atom is -0.206 e. The molecule has 0 aromatic heterocycles. The fourth-order valence-corrected chi connectivity index (χ4v) is 6.59. The van der Waals surface area contributed by atoms with Gasteiger partial charge in [-0.05, 0) is 70.8 Å². The van der Waals surface area contributed by atoms with Gasteiger partial charge in [-0.2, -0.15) is 0 Å². The second-order valence-corrected chi connectivity index (χ2v) is 12.2. The van der Waals surface area contributed by atoms with Gasteiger partial charge in [0, 0.05) is 22.3 Å². The van der Waals surface area contributed by atoms with E-state index >= 15 is 35.1 Å². The van der Waals surface area contributed by atoms with Gasteiger partial charge in [0.05, 0.1) is 22.3 Å². The van der Waals surface area contributed by atoms with Crippen LogP contribution >= 0.6 is 0 Å². The fourth-order valence-electron chi connectivity index (χ4n) is 6.59. The minimum absolute atomic E-state index is 0.390. The Morgan fingerprint density at radius 3 is 0.667 bits per heavy atom. The van der Waals surface area contributed by atoms with Gasteiger partial charge in [0.25, 0.3) is 0 Å². The monoisotopic (exact) mass is 730 g/mol. The summed E-state index contributed by atoms with van der Waals surface area (Å²) in [6, 6.07) is 28.5. The molecule has 8 heteroatoms. The van der Waals surface area contributed by atoms with Gasteiger partial charge < -0.3 is 0 Å². The number of hydrogen-bond acceptors (Lipinski definition) is 0. The first-order valence-corrected chi connectivity index (χ1v) is 16.6. The third-order valence-corrected chi connectivity index (χ3v) is 8.91. The molecule has 0 bridgehead atoms. The topological polar surface area (TPSA) is 0 Å². The van der Waals surface area contributed by atoms with Crippen LogP contribution < -0.4 is 0 Å². The quantitative estimate of drug-likeness (QED) is 0.108. The zero-order valence-corrected chi connectivity index (χ0v) is 28.0. The Bertz CT molecular complexity index is 2190. The first kappa shape index (κ1) is 35.8. The van der Waals surface area contributed by atoms with E-state index < -0.39 is 91.0 Å². The van der Waals surface area contributed by atoms with Crippen LogP contribution in [0.4, 0.5) is 35.1 Å². The lowest BCUT2D eigenvalue weighted by molar-refractivity contribution is 0.584. The average molecular weight is 731 g/mol. The Labute approximate surface area is 305 Å². The molecule has 7 aromatic rings. The maximum atomic E-state index is 16.3. The summed E-state index contributed by atoms with van der Waals surface area (Å²) < 4.78 is 130. The Balaban J connectivity index is 1.86. The highest BCUT2D eigenvalue weighted by Crippen LogP contribution is 2.53. The summed E-state index contributed by atoms with van der Waals surface area (Å²) in [7, 11) is 0. The molecular formula is C46H26F8. The lowest BCUT2D eigenvalue weighted by Crippen LogP contribution is -2.08. The molecule has 0 radical (unpaired) electrons. The molecule has 0 saturated heterocycles. The Hall–Kier alpha value is -6.54. The molecular weight excluding hydrogens is 704 g/mol.